The van der Waals surface area contributed by atoms with Crippen molar-refractivity contribution in [3.63, 3.8) is 0 Å². The van der Waals surface area contributed by atoms with Crippen molar-refractivity contribution in [1.82, 2.24) is 15.3 Å². The average Bonchev–Trinajstić information content (AvgIpc) is 2.92. The lowest BCUT2D eigenvalue weighted by Crippen LogP contribution is -2.45. The van der Waals surface area contributed by atoms with Crippen LogP contribution in [-0.2, 0) is 0 Å². The van der Waals surface area contributed by atoms with E-state index in [1.165, 1.54) is 0 Å². The first-order valence-electron chi connectivity index (χ1n) is 6.47. The van der Waals surface area contributed by atoms with Gasteiger partial charge in [-0.25, -0.2) is 0 Å². The summed E-state index contributed by atoms with van der Waals surface area (Å²) in [5.41, 5.74) is 0.120. The second-order valence-electron chi connectivity index (χ2n) is 5.71. The molecule has 0 bridgehead atoms. The van der Waals surface area contributed by atoms with E-state index < -0.39 is 0 Å². The van der Waals surface area contributed by atoms with E-state index in [1.54, 1.807) is 13.3 Å². The predicted octanol–water partition coefficient (Wildman–Crippen LogP) is 0.919. The van der Waals surface area contributed by atoms with Gasteiger partial charge < -0.3 is 15.0 Å². The highest BCUT2D eigenvalue weighted by molar-refractivity contribution is 5.44. The van der Waals surface area contributed by atoms with Gasteiger partial charge in [0.25, 0.3) is 0 Å². The highest BCUT2D eigenvalue weighted by Crippen LogP contribution is 2.42. The normalized spacial score (nSPS) is 29.4. The van der Waals surface area contributed by atoms with Crippen LogP contribution < -0.4 is 15.0 Å². The summed E-state index contributed by atoms with van der Waals surface area (Å²) in [4.78, 5) is 11.1. The molecule has 0 aromatic carbocycles. The number of rotatable bonds is 2. The van der Waals surface area contributed by atoms with Crippen molar-refractivity contribution in [2.24, 2.45) is 11.8 Å². The van der Waals surface area contributed by atoms with Gasteiger partial charge in [0.1, 0.15) is 0 Å². The van der Waals surface area contributed by atoms with Gasteiger partial charge in [0.2, 0.25) is 5.88 Å². The van der Waals surface area contributed by atoms with Crippen molar-refractivity contribution in [3.05, 3.63) is 12.4 Å². The third-order valence-electron chi connectivity index (χ3n) is 4.45. The molecule has 1 aromatic heterocycles. The molecule has 2 atom stereocenters. The maximum Gasteiger partial charge on any atom is 0.233 e. The first-order chi connectivity index (χ1) is 8.63. The Labute approximate surface area is 108 Å². The van der Waals surface area contributed by atoms with Gasteiger partial charge in [-0.3, -0.25) is 4.98 Å². The Bertz CT molecular complexity index is 448. The number of ether oxygens (including phenoxy) is 1. The van der Waals surface area contributed by atoms with Gasteiger partial charge in [-0.15, -0.1) is 0 Å². The van der Waals surface area contributed by atoms with E-state index in [0.29, 0.717) is 17.7 Å². The molecule has 2 saturated heterocycles. The lowest BCUT2D eigenvalue weighted by Gasteiger charge is -2.36. The second kappa shape index (κ2) is 4.09. The summed E-state index contributed by atoms with van der Waals surface area (Å²) in [5.74, 6) is 2.91. The molecule has 1 aromatic rings. The van der Waals surface area contributed by atoms with Crippen LogP contribution in [0.1, 0.15) is 13.8 Å². The molecule has 5 nitrogen and oxygen atoms in total. The summed E-state index contributed by atoms with van der Waals surface area (Å²) >= 11 is 0. The number of hydrogen-bond donors (Lipinski definition) is 1. The Balaban J connectivity index is 1.92. The second-order valence-corrected chi connectivity index (χ2v) is 5.71. The fraction of sp³-hybridized carbons (Fsp3) is 0.692. The number of nitrogens with one attached hydrogen (secondary N) is 1. The van der Waals surface area contributed by atoms with Crippen molar-refractivity contribution >= 4 is 5.82 Å². The van der Waals surface area contributed by atoms with Crippen LogP contribution in [-0.4, -0.2) is 42.3 Å². The standard InChI is InChI=1S/C13H20N4O/c1-13(2)10-5-14-4-9(10)8-17(13)11-6-15-7-12(16-11)18-3/h6-7,9-10,14H,4-5,8H2,1-3H3. The van der Waals surface area contributed by atoms with Crippen LogP contribution in [0, 0.1) is 11.8 Å². The maximum absolute atomic E-state index is 5.16. The number of methoxy groups -OCH3 is 1. The van der Waals surface area contributed by atoms with Gasteiger partial charge in [0.15, 0.2) is 5.82 Å². The summed E-state index contributed by atoms with van der Waals surface area (Å²) in [6.45, 7) is 7.86. The van der Waals surface area contributed by atoms with Crippen LogP contribution >= 0.6 is 0 Å². The lowest BCUT2D eigenvalue weighted by molar-refractivity contribution is 0.354. The van der Waals surface area contributed by atoms with Crippen molar-refractivity contribution in [3.8, 4) is 5.88 Å². The number of aromatic nitrogens is 2. The Morgan fingerprint density at radius 2 is 2.22 bits per heavy atom. The minimum atomic E-state index is 0.120. The molecular weight excluding hydrogens is 228 g/mol. The summed E-state index contributed by atoms with van der Waals surface area (Å²) in [6, 6.07) is 0. The van der Waals surface area contributed by atoms with Crippen molar-refractivity contribution in [2.45, 2.75) is 19.4 Å². The first kappa shape index (κ1) is 11.7. The number of hydrogen-bond acceptors (Lipinski definition) is 5. The van der Waals surface area contributed by atoms with E-state index in [2.05, 4.69) is 34.0 Å². The Hall–Kier alpha value is -1.36. The average molecular weight is 248 g/mol. The van der Waals surface area contributed by atoms with E-state index in [4.69, 9.17) is 4.74 Å². The molecule has 2 aliphatic heterocycles. The fourth-order valence-electron chi connectivity index (χ4n) is 3.38. The molecular formula is C13H20N4O. The molecule has 5 heteroatoms. The van der Waals surface area contributed by atoms with Gasteiger partial charge in [-0.1, -0.05) is 0 Å². The van der Waals surface area contributed by atoms with Gasteiger partial charge in [0.05, 0.1) is 19.5 Å². The highest BCUT2D eigenvalue weighted by Gasteiger charge is 2.50. The zero-order valence-corrected chi connectivity index (χ0v) is 11.2. The minimum Gasteiger partial charge on any atom is -0.480 e. The molecule has 0 spiro atoms. The van der Waals surface area contributed by atoms with Crippen LogP contribution in [0.15, 0.2) is 12.4 Å². The largest absolute Gasteiger partial charge is 0.480 e. The van der Waals surface area contributed by atoms with Crippen molar-refractivity contribution in [1.29, 1.82) is 0 Å². The van der Waals surface area contributed by atoms with E-state index in [1.807, 2.05) is 6.20 Å². The van der Waals surface area contributed by atoms with Crippen LogP contribution in [0.2, 0.25) is 0 Å². The maximum atomic E-state index is 5.16. The summed E-state index contributed by atoms with van der Waals surface area (Å²) in [7, 11) is 1.63. The summed E-state index contributed by atoms with van der Waals surface area (Å²) < 4.78 is 5.16. The fourth-order valence-corrected chi connectivity index (χ4v) is 3.38. The molecule has 0 amide bonds. The summed E-state index contributed by atoms with van der Waals surface area (Å²) in [5, 5.41) is 3.49. The molecule has 0 saturated carbocycles. The molecule has 18 heavy (non-hydrogen) atoms. The highest BCUT2D eigenvalue weighted by atomic mass is 16.5. The SMILES string of the molecule is COc1cncc(N2CC3CNCC3C2(C)C)n1. The summed E-state index contributed by atoms with van der Waals surface area (Å²) in [6.07, 6.45) is 3.48. The zero-order chi connectivity index (χ0) is 12.8. The van der Waals surface area contributed by atoms with Gasteiger partial charge in [0, 0.05) is 25.2 Å². The van der Waals surface area contributed by atoms with E-state index in [9.17, 15) is 0 Å². The van der Waals surface area contributed by atoms with Gasteiger partial charge in [-0.2, -0.15) is 4.98 Å². The molecule has 2 unspecified atom stereocenters. The van der Waals surface area contributed by atoms with Crippen LogP contribution in [0.25, 0.3) is 0 Å². The van der Waals surface area contributed by atoms with E-state index >= 15 is 0 Å². The molecule has 1 N–H and O–H groups in total. The predicted molar refractivity (Wildman–Crippen MR) is 69.9 cm³/mol. The smallest absolute Gasteiger partial charge is 0.233 e. The molecule has 2 fully saturated rings. The molecule has 0 aliphatic carbocycles. The number of fused-ring (bicyclic) bond motifs is 1. The minimum absolute atomic E-state index is 0.120. The Morgan fingerprint density at radius 1 is 1.39 bits per heavy atom. The number of nitrogens with zero attached hydrogens (tertiary/aromatic N) is 3. The molecule has 98 valence electrons. The van der Waals surface area contributed by atoms with Crippen LogP contribution in [0.3, 0.4) is 0 Å². The number of anilines is 1. The quantitative estimate of drug-likeness (QED) is 0.843. The molecule has 2 aliphatic rings. The van der Waals surface area contributed by atoms with Gasteiger partial charge in [-0.05, 0) is 25.7 Å². The first-order valence-corrected chi connectivity index (χ1v) is 6.47. The third-order valence-corrected chi connectivity index (χ3v) is 4.45. The van der Waals surface area contributed by atoms with Crippen LogP contribution in [0.5, 0.6) is 5.88 Å². The van der Waals surface area contributed by atoms with Crippen molar-refractivity contribution < 1.29 is 4.74 Å². The molecule has 3 heterocycles. The van der Waals surface area contributed by atoms with E-state index in [-0.39, 0.29) is 5.54 Å². The zero-order valence-electron chi connectivity index (χ0n) is 11.2. The monoisotopic (exact) mass is 248 g/mol. The topological polar surface area (TPSA) is 50.3 Å². The van der Waals surface area contributed by atoms with Crippen molar-refractivity contribution in [2.75, 3.05) is 31.6 Å². The van der Waals surface area contributed by atoms with Gasteiger partial charge >= 0.3 is 0 Å². The third kappa shape index (κ3) is 1.65. The Kier molecular flexibility index (Phi) is 2.66. The van der Waals surface area contributed by atoms with Crippen LogP contribution in [0.4, 0.5) is 5.82 Å². The molecule has 3 rings (SSSR count). The Morgan fingerprint density at radius 3 is 2.94 bits per heavy atom. The lowest BCUT2D eigenvalue weighted by atomic mass is 9.85. The molecule has 0 radical (unpaired) electrons. The van der Waals surface area contributed by atoms with E-state index in [0.717, 1.165) is 25.5 Å².